The molecule has 0 aliphatic rings. The van der Waals surface area contributed by atoms with Gasteiger partial charge < -0.3 is 15.8 Å². The number of amides is 1. The molecule has 0 unspecified atom stereocenters. The van der Waals surface area contributed by atoms with Gasteiger partial charge in [0.2, 0.25) is 5.91 Å². The summed E-state index contributed by atoms with van der Waals surface area (Å²) in [5, 5.41) is 2.74. The molecule has 4 nitrogen and oxygen atoms in total. The Kier molecular flexibility index (Phi) is 8.05. The molecule has 0 radical (unpaired) electrons. The minimum Gasteiger partial charge on any atom is -0.381 e. The van der Waals surface area contributed by atoms with E-state index in [1.807, 2.05) is 6.92 Å². The summed E-state index contributed by atoms with van der Waals surface area (Å²) in [6, 6.07) is 0. The molecule has 0 spiro atoms. The van der Waals surface area contributed by atoms with Crippen molar-refractivity contribution in [2.24, 2.45) is 5.73 Å². The van der Waals surface area contributed by atoms with Crippen LogP contribution < -0.4 is 11.1 Å². The van der Waals surface area contributed by atoms with Crippen molar-refractivity contribution < 1.29 is 9.53 Å². The number of carbonyl (C=O) groups is 1. The second-order valence-electron chi connectivity index (χ2n) is 2.44. The van der Waals surface area contributed by atoms with Gasteiger partial charge in [-0.2, -0.15) is 0 Å². The zero-order chi connectivity index (χ0) is 9.23. The van der Waals surface area contributed by atoms with Crippen molar-refractivity contribution in [2.45, 2.75) is 19.8 Å². The topological polar surface area (TPSA) is 64.3 Å². The van der Waals surface area contributed by atoms with E-state index in [1.54, 1.807) is 0 Å². The smallest absolute Gasteiger partial charge is 0.222 e. The van der Waals surface area contributed by atoms with Crippen LogP contribution in [-0.4, -0.2) is 32.2 Å². The Morgan fingerprint density at radius 2 is 2.33 bits per heavy atom. The predicted molar refractivity (Wildman–Crippen MR) is 47.8 cm³/mol. The van der Waals surface area contributed by atoms with Gasteiger partial charge in [-0.1, -0.05) is 0 Å². The van der Waals surface area contributed by atoms with E-state index in [9.17, 15) is 4.79 Å². The molecule has 0 saturated carbocycles. The fraction of sp³-hybridized carbons (Fsp3) is 0.875. The van der Waals surface area contributed by atoms with Gasteiger partial charge in [0.1, 0.15) is 0 Å². The molecule has 0 bridgehead atoms. The van der Waals surface area contributed by atoms with Crippen LogP contribution in [-0.2, 0) is 9.53 Å². The van der Waals surface area contributed by atoms with Crippen LogP contribution in [0, 0.1) is 0 Å². The van der Waals surface area contributed by atoms with Gasteiger partial charge in [-0.3, -0.25) is 4.79 Å². The third kappa shape index (κ3) is 7.50. The summed E-state index contributed by atoms with van der Waals surface area (Å²) in [6.45, 7) is 4.36. The van der Waals surface area contributed by atoms with Crippen molar-refractivity contribution in [3.8, 4) is 0 Å². The summed E-state index contributed by atoms with van der Waals surface area (Å²) in [5.41, 5.74) is 5.26. The first-order valence-electron chi connectivity index (χ1n) is 4.35. The van der Waals surface area contributed by atoms with E-state index in [2.05, 4.69) is 5.32 Å². The Balaban J connectivity index is 3.10. The number of ether oxygens (including phenoxy) is 1. The van der Waals surface area contributed by atoms with Crippen molar-refractivity contribution in [3.05, 3.63) is 0 Å². The largest absolute Gasteiger partial charge is 0.381 e. The van der Waals surface area contributed by atoms with Gasteiger partial charge >= 0.3 is 0 Å². The van der Waals surface area contributed by atoms with Crippen LogP contribution in [0.3, 0.4) is 0 Å². The summed E-state index contributed by atoms with van der Waals surface area (Å²) < 4.78 is 5.02. The Hall–Kier alpha value is -0.610. The van der Waals surface area contributed by atoms with Gasteiger partial charge in [0, 0.05) is 19.6 Å². The fourth-order valence-corrected chi connectivity index (χ4v) is 0.727. The SMILES string of the molecule is CCOCCC(=O)NCCCN. The van der Waals surface area contributed by atoms with E-state index in [0.717, 1.165) is 6.42 Å². The average molecular weight is 174 g/mol. The molecule has 0 fully saturated rings. The molecule has 0 aromatic heterocycles. The van der Waals surface area contributed by atoms with Gasteiger partial charge in [-0.05, 0) is 19.9 Å². The summed E-state index contributed by atoms with van der Waals surface area (Å²) in [6.07, 6.45) is 1.28. The van der Waals surface area contributed by atoms with Crippen LogP contribution in [0.4, 0.5) is 0 Å². The Bertz CT molecular complexity index is 106. The van der Waals surface area contributed by atoms with Crippen LogP contribution in [0.25, 0.3) is 0 Å². The Morgan fingerprint density at radius 3 is 2.92 bits per heavy atom. The molecular weight excluding hydrogens is 156 g/mol. The van der Waals surface area contributed by atoms with E-state index in [0.29, 0.717) is 32.7 Å². The van der Waals surface area contributed by atoms with Gasteiger partial charge in [-0.15, -0.1) is 0 Å². The highest BCUT2D eigenvalue weighted by atomic mass is 16.5. The molecule has 0 aliphatic heterocycles. The second-order valence-corrected chi connectivity index (χ2v) is 2.44. The molecule has 0 aliphatic carbocycles. The molecule has 0 heterocycles. The first-order chi connectivity index (χ1) is 5.81. The minimum absolute atomic E-state index is 0.0388. The number of nitrogens with two attached hydrogens (primary N) is 1. The Labute approximate surface area is 73.5 Å². The standard InChI is InChI=1S/C8H18N2O2/c1-2-12-7-4-8(11)10-6-3-5-9/h2-7,9H2,1H3,(H,10,11). The van der Waals surface area contributed by atoms with E-state index in [-0.39, 0.29) is 5.91 Å². The summed E-state index contributed by atoms with van der Waals surface area (Å²) >= 11 is 0. The van der Waals surface area contributed by atoms with Gasteiger partial charge in [0.15, 0.2) is 0 Å². The van der Waals surface area contributed by atoms with Crippen LogP contribution in [0.1, 0.15) is 19.8 Å². The molecule has 3 N–H and O–H groups in total. The second kappa shape index (κ2) is 8.49. The van der Waals surface area contributed by atoms with Gasteiger partial charge in [0.05, 0.1) is 6.61 Å². The molecule has 72 valence electrons. The van der Waals surface area contributed by atoms with E-state index < -0.39 is 0 Å². The number of carbonyl (C=O) groups excluding carboxylic acids is 1. The maximum Gasteiger partial charge on any atom is 0.222 e. The molecule has 0 rings (SSSR count). The monoisotopic (exact) mass is 174 g/mol. The first-order valence-corrected chi connectivity index (χ1v) is 4.35. The third-order valence-electron chi connectivity index (χ3n) is 1.38. The number of hydrogen-bond acceptors (Lipinski definition) is 3. The zero-order valence-corrected chi connectivity index (χ0v) is 7.64. The number of rotatable bonds is 7. The van der Waals surface area contributed by atoms with Gasteiger partial charge in [-0.25, -0.2) is 0 Å². The highest BCUT2D eigenvalue weighted by Gasteiger charge is 1.98. The van der Waals surface area contributed by atoms with Crippen LogP contribution in [0.5, 0.6) is 0 Å². The predicted octanol–water partition coefficient (Wildman–Crippen LogP) is -0.122. The lowest BCUT2D eigenvalue weighted by Gasteiger charge is -2.03. The van der Waals surface area contributed by atoms with E-state index >= 15 is 0 Å². The zero-order valence-electron chi connectivity index (χ0n) is 7.64. The molecule has 1 amide bonds. The van der Waals surface area contributed by atoms with Crippen molar-refractivity contribution >= 4 is 5.91 Å². The molecular formula is C8H18N2O2. The lowest BCUT2D eigenvalue weighted by molar-refractivity contribution is -0.122. The summed E-state index contributed by atoms with van der Waals surface area (Å²) in [5.74, 6) is 0.0388. The van der Waals surface area contributed by atoms with Crippen molar-refractivity contribution in [3.63, 3.8) is 0 Å². The quantitative estimate of drug-likeness (QED) is 0.529. The minimum atomic E-state index is 0.0388. The molecule has 4 heteroatoms. The lowest BCUT2D eigenvalue weighted by Crippen LogP contribution is -2.26. The van der Waals surface area contributed by atoms with Crippen molar-refractivity contribution in [1.29, 1.82) is 0 Å². The van der Waals surface area contributed by atoms with Crippen molar-refractivity contribution in [1.82, 2.24) is 5.32 Å². The van der Waals surface area contributed by atoms with Crippen LogP contribution in [0.15, 0.2) is 0 Å². The Morgan fingerprint density at radius 1 is 1.58 bits per heavy atom. The van der Waals surface area contributed by atoms with Gasteiger partial charge in [0.25, 0.3) is 0 Å². The average Bonchev–Trinajstić information content (AvgIpc) is 2.06. The highest BCUT2D eigenvalue weighted by molar-refractivity contribution is 5.75. The van der Waals surface area contributed by atoms with Crippen LogP contribution >= 0.6 is 0 Å². The maximum atomic E-state index is 11.0. The first kappa shape index (κ1) is 11.4. The molecule has 0 aromatic carbocycles. The molecule has 0 atom stereocenters. The molecule has 12 heavy (non-hydrogen) atoms. The number of nitrogens with one attached hydrogen (secondary N) is 1. The van der Waals surface area contributed by atoms with Crippen molar-refractivity contribution in [2.75, 3.05) is 26.3 Å². The normalized spacial score (nSPS) is 9.83. The summed E-state index contributed by atoms with van der Waals surface area (Å²) in [4.78, 5) is 11.0. The fourth-order valence-electron chi connectivity index (χ4n) is 0.727. The number of hydrogen-bond donors (Lipinski definition) is 2. The van der Waals surface area contributed by atoms with Crippen LogP contribution in [0.2, 0.25) is 0 Å². The lowest BCUT2D eigenvalue weighted by atomic mass is 10.4. The summed E-state index contributed by atoms with van der Waals surface area (Å²) in [7, 11) is 0. The van der Waals surface area contributed by atoms with E-state index in [1.165, 1.54) is 0 Å². The highest BCUT2D eigenvalue weighted by Crippen LogP contribution is 1.82. The molecule has 0 aromatic rings. The maximum absolute atomic E-state index is 11.0. The van der Waals surface area contributed by atoms with E-state index in [4.69, 9.17) is 10.5 Å². The third-order valence-corrected chi connectivity index (χ3v) is 1.38. The molecule has 0 saturated heterocycles.